The van der Waals surface area contributed by atoms with E-state index in [4.69, 9.17) is 9.94 Å². The van der Waals surface area contributed by atoms with Gasteiger partial charge in [-0.25, -0.2) is 9.97 Å². The summed E-state index contributed by atoms with van der Waals surface area (Å²) in [5.41, 5.74) is 2.61. The van der Waals surface area contributed by atoms with E-state index in [9.17, 15) is 0 Å². The van der Waals surface area contributed by atoms with E-state index in [1.807, 2.05) is 19.1 Å². The van der Waals surface area contributed by atoms with Gasteiger partial charge in [-0.15, -0.1) is 21.5 Å². The monoisotopic (exact) mass is 340 g/mol. The zero-order valence-corrected chi connectivity index (χ0v) is 13.5. The summed E-state index contributed by atoms with van der Waals surface area (Å²) in [7, 11) is 0. The molecule has 9 heteroatoms. The summed E-state index contributed by atoms with van der Waals surface area (Å²) in [6.45, 7) is 2.29. The van der Waals surface area contributed by atoms with Gasteiger partial charge in [-0.3, -0.25) is 4.98 Å². The molecule has 0 spiro atoms. The minimum atomic E-state index is 0.285. The molecule has 0 atom stereocenters. The maximum Gasteiger partial charge on any atom is 0.261 e. The molecule has 1 N–H and O–H groups in total. The van der Waals surface area contributed by atoms with E-state index >= 15 is 0 Å². The Morgan fingerprint density at radius 2 is 2.21 bits per heavy atom. The van der Waals surface area contributed by atoms with Gasteiger partial charge in [0.05, 0.1) is 17.2 Å². The quantitative estimate of drug-likeness (QED) is 0.563. The molecular weight excluding hydrogens is 328 g/mol. The lowest BCUT2D eigenvalue weighted by atomic mass is 10.2. The van der Waals surface area contributed by atoms with Gasteiger partial charge >= 0.3 is 0 Å². The minimum absolute atomic E-state index is 0.285. The van der Waals surface area contributed by atoms with Crippen LogP contribution in [-0.2, 0) is 0 Å². The van der Waals surface area contributed by atoms with Crippen molar-refractivity contribution in [1.82, 2.24) is 25.1 Å². The molecule has 0 saturated heterocycles. The summed E-state index contributed by atoms with van der Waals surface area (Å²) < 4.78 is 5.40. The largest absolute Gasteiger partial charge is 0.475 e. The Hall–Kier alpha value is -2.94. The van der Waals surface area contributed by atoms with Crippen LogP contribution >= 0.6 is 11.3 Å². The van der Waals surface area contributed by atoms with E-state index in [0.29, 0.717) is 30.3 Å². The Morgan fingerprint density at radius 1 is 1.29 bits per heavy atom. The first kappa shape index (κ1) is 14.6. The zero-order valence-electron chi connectivity index (χ0n) is 12.7. The molecular formula is C15H12N6O2S. The number of aromatic nitrogens is 5. The van der Waals surface area contributed by atoms with Crippen LogP contribution in [0.2, 0.25) is 0 Å². The number of hydrogen-bond donors (Lipinski definition) is 1. The number of hydrogen-bond acceptors (Lipinski definition) is 9. The van der Waals surface area contributed by atoms with E-state index < -0.39 is 0 Å². The van der Waals surface area contributed by atoms with Gasteiger partial charge in [-0.2, -0.15) is 0 Å². The van der Waals surface area contributed by atoms with Crippen LogP contribution in [0.3, 0.4) is 0 Å². The van der Waals surface area contributed by atoms with Gasteiger partial charge < -0.3 is 9.94 Å². The SMILES string of the molecule is Cc1nc(-c2cccnc2)sc1-c1nnc2c(n1)/C(=N/O)CCO2. The molecule has 3 aromatic heterocycles. The molecule has 0 bridgehead atoms. The van der Waals surface area contributed by atoms with E-state index in [1.165, 1.54) is 11.3 Å². The first-order valence-electron chi connectivity index (χ1n) is 7.23. The number of pyridine rings is 1. The Bertz CT molecular complexity index is 925. The number of thiazole rings is 1. The summed E-state index contributed by atoms with van der Waals surface area (Å²) in [5, 5.41) is 21.4. The first-order chi connectivity index (χ1) is 11.8. The fourth-order valence-electron chi connectivity index (χ4n) is 2.37. The van der Waals surface area contributed by atoms with Crippen molar-refractivity contribution in [2.75, 3.05) is 6.61 Å². The van der Waals surface area contributed by atoms with E-state index in [2.05, 4.69) is 30.3 Å². The molecule has 0 radical (unpaired) electrons. The normalized spacial score (nSPS) is 15.1. The maximum atomic E-state index is 9.13. The highest BCUT2D eigenvalue weighted by Crippen LogP contribution is 2.34. The van der Waals surface area contributed by atoms with E-state index in [0.717, 1.165) is 21.1 Å². The van der Waals surface area contributed by atoms with Gasteiger partial charge in [-0.05, 0) is 19.1 Å². The van der Waals surface area contributed by atoms with Crippen LogP contribution in [0.5, 0.6) is 5.88 Å². The summed E-state index contributed by atoms with van der Waals surface area (Å²) >= 11 is 1.47. The summed E-state index contributed by atoms with van der Waals surface area (Å²) in [5.74, 6) is 0.720. The third kappa shape index (κ3) is 2.48. The number of oxime groups is 1. The Kier molecular flexibility index (Phi) is 3.62. The van der Waals surface area contributed by atoms with E-state index in [-0.39, 0.29) is 5.88 Å². The molecule has 4 heterocycles. The summed E-state index contributed by atoms with van der Waals surface area (Å²) in [4.78, 5) is 14.0. The first-order valence-corrected chi connectivity index (χ1v) is 8.05. The predicted molar refractivity (Wildman–Crippen MR) is 87.3 cm³/mol. The third-order valence-electron chi connectivity index (χ3n) is 3.54. The molecule has 1 aliphatic heterocycles. The summed E-state index contributed by atoms with van der Waals surface area (Å²) in [6, 6.07) is 3.81. The molecule has 0 unspecified atom stereocenters. The fourth-order valence-corrected chi connectivity index (χ4v) is 3.36. The van der Waals surface area contributed by atoms with Crippen molar-refractivity contribution < 1.29 is 9.94 Å². The van der Waals surface area contributed by atoms with Crippen molar-refractivity contribution in [3.8, 4) is 27.2 Å². The van der Waals surface area contributed by atoms with Crippen LogP contribution < -0.4 is 4.74 Å². The lowest BCUT2D eigenvalue weighted by Crippen LogP contribution is -2.20. The average Bonchev–Trinajstić information content (AvgIpc) is 3.03. The highest BCUT2D eigenvalue weighted by atomic mass is 32.1. The average molecular weight is 340 g/mol. The standard InChI is InChI=1S/C15H12N6O2S/c1-8-12(24-15(17-8)9-3-2-5-16-7-9)13-18-11-10(21-22)4-6-23-14(11)20-19-13/h2-3,5,7,22H,4,6H2,1H3/b21-10+. The van der Waals surface area contributed by atoms with Gasteiger partial charge in [0.15, 0.2) is 11.5 Å². The van der Waals surface area contributed by atoms with Crippen molar-refractivity contribution in [2.24, 2.45) is 5.16 Å². The molecule has 0 aliphatic carbocycles. The highest BCUT2D eigenvalue weighted by Gasteiger charge is 2.24. The van der Waals surface area contributed by atoms with Crippen LogP contribution in [0.25, 0.3) is 21.3 Å². The Labute approximate surface area is 140 Å². The van der Waals surface area contributed by atoms with Crippen molar-refractivity contribution in [3.05, 3.63) is 35.9 Å². The minimum Gasteiger partial charge on any atom is -0.475 e. The van der Waals surface area contributed by atoms with Gasteiger partial charge in [-0.1, -0.05) is 5.16 Å². The molecule has 1 aliphatic rings. The van der Waals surface area contributed by atoms with Gasteiger partial charge in [0, 0.05) is 24.4 Å². The second-order valence-electron chi connectivity index (χ2n) is 5.11. The molecule has 24 heavy (non-hydrogen) atoms. The smallest absolute Gasteiger partial charge is 0.261 e. The topological polar surface area (TPSA) is 106 Å². The third-order valence-corrected chi connectivity index (χ3v) is 4.74. The molecule has 8 nitrogen and oxygen atoms in total. The molecule has 3 aromatic rings. The second kappa shape index (κ2) is 5.93. The van der Waals surface area contributed by atoms with Crippen LogP contribution in [-0.4, -0.2) is 42.7 Å². The highest BCUT2D eigenvalue weighted by molar-refractivity contribution is 7.18. The van der Waals surface area contributed by atoms with Crippen LogP contribution in [0.15, 0.2) is 29.7 Å². The number of fused-ring (bicyclic) bond motifs is 1. The van der Waals surface area contributed by atoms with Crippen molar-refractivity contribution >= 4 is 17.0 Å². The number of nitrogens with zero attached hydrogens (tertiary/aromatic N) is 6. The molecule has 0 saturated carbocycles. The Morgan fingerprint density at radius 3 is 3.00 bits per heavy atom. The van der Waals surface area contributed by atoms with Crippen LogP contribution in [0.1, 0.15) is 17.8 Å². The lowest BCUT2D eigenvalue weighted by Gasteiger charge is -2.15. The van der Waals surface area contributed by atoms with Crippen molar-refractivity contribution in [3.63, 3.8) is 0 Å². The molecule has 0 amide bonds. The van der Waals surface area contributed by atoms with Crippen LogP contribution in [0.4, 0.5) is 0 Å². The van der Waals surface area contributed by atoms with Crippen molar-refractivity contribution in [1.29, 1.82) is 0 Å². The molecule has 4 rings (SSSR count). The zero-order chi connectivity index (χ0) is 16.5. The Balaban J connectivity index is 1.79. The van der Waals surface area contributed by atoms with Gasteiger partial charge in [0.25, 0.3) is 5.88 Å². The number of ether oxygens (including phenoxy) is 1. The van der Waals surface area contributed by atoms with Crippen molar-refractivity contribution in [2.45, 2.75) is 13.3 Å². The van der Waals surface area contributed by atoms with Gasteiger partial charge in [0.1, 0.15) is 10.7 Å². The number of aryl methyl sites for hydroxylation is 1. The molecule has 0 aromatic carbocycles. The fraction of sp³-hybridized carbons (Fsp3) is 0.200. The van der Waals surface area contributed by atoms with E-state index in [1.54, 1.807) is 12.4 Å². The molecule has 120 valence electrons. The van der Waals surface area contributed by atoms with Gasteiger partial charge in [0.2, 0.25) is 0 Å². The predicted octanol–water partition coefficient (Wildman–Crippen LogP) is 2.33. The van der Waals surface area contributed by atoms with Crippen LogP contribution in [0, 0.1) is 6.92 Å². The second-order valence-corrected chi connectivity index (χ2v) is 6.11. The summed E-state index contributed by atoms with van der Waals surface area (Å²) in [6.07, 6.45) is 3.96. The molecule has 0 fully saturated rings. The number of rotatable bonds is 2. The maximum absolute atomic E-state index is 9.13. The lowest BCUT2D eigenvalue weighted by molar-refractivity contribution is 0.286.